The van der Waals surface area contributed by atoms with Crippen LogP contribution in [-0.4, -0.2) is 65.6 Å². The van der Waals surface area contributed by atoms with Crippen molar-refractivity contribution in [3.8, 4) is 0 Å². The molecule has 1 unspecified atom stereocenters. The number of morpholine rings is 1. The molecule has 0 aromatic carbocycles. The molecule has 2 fully saturated rings. The highest BCUT2D eigenvalue weighted by molar-refractivity contribution is 5.93. The van der Waals surface area contributed by atoms with E-state index in [2.05, 4.69) is 16.8 Å². The Labute approximate surface area is 136 Å². The Balaban J connectivity index is 1.60. The maximum atomic E-state index is 12.5. The number of rotatable bonds is 2. The first kappa shape index (κ1) is 16.2. The standard InChI is InChI=1S/C17H25N3O3/c1-12-3-4-15(16(21)18-12)17(22)19-7-5-14(6-8-19)20-9-10-23-13(2)11-20/h3-4,13-14H,5-11H2,1-2H3,(H,18,21). The number of pyridine rings is 1. The first-order chi connectivity index (χ1) is 11.0. The summed E-state index contributed by atoms with van der Waals surface area (Å²) in [4.78, 5) is 31.5. The topological polar surface area (TPSA) is 65.6 Å². The number of nitrogens with one attached hydrogen (secondary N) is 1. The largest absolute Gasteiger partial charge is 0.376 e. The number of carbonyl (C=O) groups is 1. The summed E-state index contributed by atoms with van der Waals surface area (Å²) in [5.41, 5.74) is 0.722. The fourth-order valence-electron chi connectivity index (χ4n) is 3.52. The number of piperidine rings is 1. The van der Waals surface area contributed by atoms with Crippen molar-refractivity contribution in [1.29, 1.82) is 0 Å². The van der Waals surface area contributed by atoms with Crippen LogP contribution in [0.1, 0.15) is 35.8 Å². The minimum Gasteiger partial charge on any atom is -0.376 e. The van der Waals surface area contributed by atoms with Gasteiger partial charge in [-0.15, -0.1) is 0 Å². The second kappa shape index (κ2) is 6.84. The van der Waals surface area contributed by atoms with E-state index in [1.165, 1.54) is 0 Å². The molecule has 126 valence electrons. The van der Waals surface area contributed by atoms with Crippen LogP contribution < -0.4 is 5.56 Å². The Morgan fingerprint density at radius 2 is 2.00 bits per heavy atom. The van der Waals surface area contributed by atoms with E-state index in [9.17, 15) is 9.59 Å². The third-order valence-corrected chi connectivity index (χ3v) is 4.83. The molecular formula is C17H25N3O3. The fraction of sp³-hybridized carbons (Fsp3) is 0.647. The van der Waals surface area contributed by atoms with E-state index in [-0.39, 0.29) is 23.1 Å². The van der Waals surface area contributed by atoms with Gasteiger partial charge in [0.25, 0.3) is 11.5 Å². The molecule has 2 aliphatic rings. The molecule has 1 atom stereocenters. The number of aromatic nitrogens is 1. The lowest BCUT2D eigenvalue weighted by atomic mass is 10.0. The van der Waals surface area contributed by atoms with Crippen LogP contribution in [0.5, 0.6) is 0 Å². The highest BCUT2D eigenvalue weighted by atomic mass is 16.5. The van der Waals surface area contributed by atoms with Gasteiger partial charge >= 0.3 is 0 Å². The molecule has 23 heavy (non-hydrogen) atoms. The van der Waals surface area contributed by atoms with Gasteiger partial charge in [-0.25, -0.2) is 0 Å². The summed E-state index contributed by atoms with van der Waals surface area (Å²) in [6, 6.07) is 3.92. The summed E-state index contributed by atoms with van der Waals surface area (Å²) in [5, 5.41) is 0. The predicted molar refractivity (Wildman–Crippen MR) is 87.7 cm³/mol. The summed E-state index contributed by atoms with van der Waals surface area (Å²) < 4.78 is 5.59. The molecule has 0 bridgehead atoms. The first-order valence-electron chi connectivity index (χ1n) is 8.39. The molecule has 2 aliphatic heterocycles. The van der Waals surface area contributed by atoms with Gasteiger partial charge in [0.05, 0.1) is 12.7 Å². The van der Waals surface area contributed by atoms with Crippen molar-refractivity contribution in [2.45, 2.75) is 38.8 Å². The van der Waals surface area contributed by atoms with Crippen molar-refractivity contribution < 1.29 is 9.53 Å². The number of amides is 1. The highest BCUT2D eigenvalue weighted by Gasteiger charge is 2.30. The number of likely N-dealkylation sites (tertiary alicyclic amines) is 1. The van der Waals surface area contributed by atoms with Crippen molar-refractivity contribution >= 4 is 5.91 Å². The number of nitrogens with zero attached hydrogens (tertiary/aromatic N) is 2. The van der Waals surface area contributed by atoms with Crippen LogP contribution in [0.2, 0.25) is 0 Å². The Morgan fingerprint density at radius 3 is 2.65 bits per heavy atom. The maximum Gasteiger partial charge on any atom is 0.260 e. The zero-order valence-corrected chi connectivity index (χ0v) is 13.9. The number of aromatic amines is 1. The molecule has 0 aliphatic carbocycles. The lowest BCUT2D eigenvalue weighted by molar-refractivity contribution is -0.0423. The summed E-state index contributed by atoms with van der Waals surface area (Å²) >= 11 is 0. The van der Waals surface area contributed by atoms with Gasteiger partial charge in [0, 0.05) is 37.9 Å². The molecule has 3 heterocycles. The van der Waals surface area contributed by atoms with E-state index in [1.807, 2.05) is 6.92 Å². The van der Waals surface area contributed by atoms with Gasteiger partial charge in [-0.1, -0.05) is 0 Å². The fourth-order valence-corrected chi connectivity index (χ4v) is 3.52. The van der Waals surface area contributed by atoms with E-state index in [1.54, 1.807) is 17.0 Å². The molecule has 1 amide bonds. The second-order valence-corrected chi connectivity index (χ2v) is 6.58. The van der Waals surface area contributed by atoms with Crippen molar-refractivity contribution in [3.63, 3.8) is 0 Å². The number of ether oxygens (including phenoxy) is 1. The number of H-pyrrole nitrogens is 1. The quantitative estimate of drug-likeness (QED) is 0.883. The van der Waals surface area contributed by atoms with Gasteiger partial charge in [-0.05, 0) is 38.8 Å². The lowest BCUT2D eigenvalue weighted by Gasteiger charge is -2.41. The average molecular weight is 319 g/mol. The smallest absolute Gasteiger partial charge is 0.260 e. The van der Waals surface area contributed by atoms with E-state index < -0.39 is 0 Å². The van der Waals surface area contributed by atoms with Gasteiger partial charge in [0.15, 0.2) is 0 Å². The molecular weight excluding hydrogens is 294 g/mol. The van der Waals surface area contributed by atoms with Crippen LogP contribution in [0.4, 0.5) is 0 Å². The molecule has 0 radical (unpaired) electrons. The second-order valence-electron chi connectivity index (χ2n) is 6.58. The monoisotopic (exact) mass is 319 g/mol. The van der Waals surface area contributed by atoms with E-state index in [4.69, 9.17) is 4.74 Å². The molecule has 1 aromatic rings. The number of aryl methyl sites for hydroxylation is 1. The van der Waals surface area contributed by atoms with Crippen molar-refractivity contribution in [1.82, 2.24) is 14.8 Å². The van der Waals surface area contributed by atoms with Gasteiger partial charge in [-0.2, -0.15) is 0 Å². The predicted octanol–water partition coefficient (Wildman–Crippen LogP) is 1.01. The number of hydrogen-bond donors (Lipinski definition) is 1. The van der Waals surface area contributed by atoms with Crippen molar-refractivity contribution in [2.24, 2.45) is 0 Å². The number of hydrogen-bond acceptors (Lipinski definition) is 4. The van der Waals surface area contributed by atoms with Gasteiger partial charge in [0.1, 0.15) is 5.56 Å². The molecule has 1 aromatic heterocycles. The average Bonchev–Trinajstić information content (AvgIpc) is 2.54. The van der Waals surface area contributed by atoms with Crippen LogP contribution >= 0.6 is 0 Å². The SMILES string of the molecule is Cc1ccc(C(=O)N2CCC(N3CCOC(C)C3)CC2)c(=O)[nH]1. The molecule has 6 nitrogen and oxygen atoms in total. The summed E-state index contributed by atoms with van der Waals surface area (Å²) in [5.74, 6) is -0.153. The Morgan fingerprint density at radius 1 is 1.26 bits per heavy atom. The third kappa shape index (κ3) is 3.64. The van der Waals surface area contributed by atoms with Crippen molar-refractivity contribution in [2.75, 3.05) is 32.8 Å². The molecule has 3 rings (SSSR count). The van der Waals surface area contributed by atoms with E-state index in [0.29, 0.717) is 19.1 Å². The van der Waals surface area contributed by atoms with E-state index >= 15 is 0 Å². The van der Waals surface area contributed by atoms with Crippen LogP contribution in [0.3, 0.4) is 0 Å². The molecule has 0 saturated carbocycles. The highest BCUT2D eigenvalue weighted by Crippen LogP contribution is 2.20. The Hall–Kier alpha value is -1.66. The minimum atomic E-state index is -0.292. The van der Waals surface area contributed by atoms with Gasteiger partial charge in [0.2, 0.25) is 0 Å². The zero-order chi connectivity index (χ0) is 16.4. The zero-order valence-electron chi connectivity index (χ0n) is 13.9. The van der Waals surface area contributed by atoms with Crippen LogP contribution in [0.25, 0.3) is 0 Å². The molecule has 2 saturated heterocycles. The third-order valence-electron chi connectivity index (χ3n) is 4.83. The van der Waals surface area contributed by atoms with Crippen LogP contribution in [-0.2, 0) is 4.74 Å². The number of carbonyl (C=O) groups excluding carboxylic acids is 1. The first-order valence-corrected chi connectivity index (χ1v) is 8.39. The molecule has 6 heteroatoms. The summed E-state index contributed by atoms with van der Waals surface area (Å²) in [6.45, 7) is 8.07. The molecule has 0 spiro atoms. The summed E-state index contributed by atoms with van der Waals surface area (Å²) in [6.07, 6.45) is 2.21. The Bertz CT molecular complexity index is 620. The minimum absolute atomic E-state index is 0.153. The van der Waals surface area contributed by atoms with E-state index in [0.717, 1.165) is 38.2 Å². The van der Waals surface area contributed by atoms with Gasteiger partial charge < -0.3 is 14.6 Å². The van der Waals surface area contributed by atoms with Crippen LogP contribution in [0, 0.1) is 6.92 Å². The maximum absolute atomic E-state index is 12.5. The van der Waals surface area contributed by atoms with Gasteiger partial charge in [-0.3, -0.25) is 14.5 Å². The normalized spacial score (nSPS) is 23.9. The van der Waals surface area contributed by atoms with Crippen LogP contribution in [0.15, 0.2) is 16.9 Å². The lowest BCUT2D eigenvalue weighted by Crippen LogP contribution is -2.52. The Kier molecular flexibility index (Phi) is 4.82. The summed E-state index contributed by atoms with van der Waals surface area (Å²) in [7, 11) is 0. The van der Waals surface area contributed by atoms with Crippen molar-refractivity contribution in [3.05, 3.63) is 33.7 Å². The molecule has 1 N–H and O–H groups in total.